The summed E-state index contributed by atoms with van der Waals surface area (Å²) in [7, 11) is 0. The number of carboxylic acids is 1. The van der Waals surface area contributed by atoms with Gasteiger partial charge in [-0.05, 0) is 18.2 Å². The van der Waals surface area contributed by atoms with Gasteiger partial charge in [-0.25, -0.2) is 9.78 Å². The van der Waals surface area contributed by atoms with E-state index in [0.29, 0.717) is 0 Å². The van der Waals surface area contributed by atoms with Crippen LogP contribution in [0.3, 0.4) is 0 Å². The molecule has 0 atom stereocenters. The number of halogens is 4. The van der Waals surface area contributed by atoms with Crippen molar-refractivity contribution >= 4 is 39.7 Å². The summed E-state index contributed by atoms with van der Waals surface area (Å²) in [4.78, 5) is 14.4. The summed E-state index contributed by atoms with van der Waals surface area (Å²) in [6.07, 6.45) is -3.44. The van der Waals surface area contributed by atoms with E-state index in [9.17, 15) is 18.0 Å². The van der Waals surface area contributed by atoms with Crippen molar-refractivity contribution in [1.29, 1.82) is 0 Å². The Hall–Kier alpha value is -1.80. The fourth-order valence-electron chi connectivity index (χ4n) is 1.37. The third-order valence-corrected chi connectivity index (χ3v) is 3.47. The van der Waals surface area contributed by atoms with Gasteiger partial charge in [0.05, 0.1) is 16.8 Å². The van der Waals surface area contributed by atoms with Crippen LogP contribution in [0.2, 0.25) is 5.02 Å². The van der Waals surface area contributed by atoms with Gasteiger partial charge in [0.1, 0.15) is 4.88 Å². The van der Waals surface area contributed by atoms with Crippen molar-refractivity contribution in [1.82, 2.24) is 4.98 Å². The van der Waals surface area contributed by atoms with Crippen LogP contribution in [0.5, 0.6) is 0 Å². The van der Waals surface area contributed by atoms with Crippen molar-refractivity contribution in [2.24, 2.45) is 0 Å². The lowest BCUT2D eigenvalue weighted by Crippen LogP contribution is -2.06. The van der Waals surface area contributed by atoms with Crippen LogP contribution in [-0.2, 0) is 6.18 Å². The Labute approximate surface area is 119 Å². The van der Waals surface area contributed by atoms with E-state index in [2.05, 4.69) is 10.3 Å². The lowest BCUT2D eigenvalue weighted by Gasteiger charge is -2.11. The van der Waals surface area contributed by atoms with E-state index in [1.165, 1.54) is 6.07 Å². The van der Waals surface area contributed by atoms with Crippen LogP contribution >= 0.6 is 22.9 Å². The highest BCUT2D eigenvalue weighted by Gasteiger charge is 2.33. The highest BCUT2D eigenvalue weighted by Crippen LogP contribution is 2.36. The zero-order valence-electron chi connectivity index (χ0n) is 9.53. The molecule has 0 amide bonds. The molecule has 0 aliphatic carbocycles. The first kappa shape index (κ1) is 14.6. The first-order valence-corrected chi connectivity index (χ1v) is 6.29. The van der Waals surface area contributed by atoms with Crippen molar-refractivity contribution in [3.8, 4) is 0 Å². The van der Waals surface area contributed by atoms with Crippen LogP contribution < -0.4 is 5.32 Å². The molecule has 2 aromatic rings. The first-order chi connectivity index (χ1) is 9.27. The molecule has 1 aromatic heterocycles. The lowest BCUT2D eigenvalue weighted by atomic mass is 10.2. The van der Waals surface area contributed by atoms with Crippen LogP contribution in [-0.4, -0.2) is 16.1 Å². The van der Waals surface area contributed by atoms with Crippen LogP contribution in [0, 0.1) is 0 Å². The molecule has 106 valence electrons. The molecule has 0 fully saturated rings. The molecule has 0 spiro atoms. The third kappa shape index (κ3) is 3.20. The molecule has 9 heteroatoms. The second kappa shape index (κ2) is 5.29. The Kier molecular flexibility index (Phi) is 3.87. The van der Waals surface area contributed by atoms with Crippen molar-refractivity contribution in [3.63, 3.8) is 0 Å². The molecule has 0 radical (unpaired) electrons. The minimum atomic E-state index is -4.57. The van der Waals surface area contributed by atoms with E-state index in [0.717, 1.165) is 29.7 Å². The summed E-state index contributed by atoms with van der Waals surface area (Å²) in [6.45, 7) is 0. The Balaban J connectivity index is 2.27. The maximum Gasteiger partial charge on any atom is 0.417 e. The van der Waals surface area contributed by atoms with Gasteiger partial charge in [-0.15, -0.1) is 0 Å². The maximum atomic E-state index is 12.7. The van der Waals surface area contributed by atoms with Gasteiger partial charge in [0.2, 0.25) is 0 Å². The number of alkyl halides is 3. The Bertz CT molecular complexity index is 657. The highest BCUT2D eigenvalue weighted by molar-refractivity contribution is 7.17. The number of carboxylic acid groups (broad SMARTS) is 1. The zero-order valence-corrected chi connectivity index (χ0v) is 11.1. The molecule has 0 saturated carbocycles. The molecule has 0 aliphatic rings. The van der Waals surface area contributed by atoms with E-state index in [1.54, 1.807) is 0 Å². The smallest absolute Gasteiger partial charge is 0.417 e. The van der Waals surface area contributed by atoms with Gasteiger partial charge in [-0.2, -0.15) is 13.2 Å². The van der Waals surface area contributed by atoms with Crippen molar-refractivity contribution in [2.75, 3.05) is 5.32 Å². The normalized spacial score (nSPS) is 11.4. The number of rotatable bonds is 3. The molecule has 0 aliphatic heterocycles. The largest absolute Gasteiger partial charge is 0.477 e. The average Bonchev–Trinajstić information content (AvgIpc) is 2.79. The van der Waals surface area contributed by atoms with Crippen molar-refractivity contribution in [3.05, 3.63) is 39.9 Å². The second-order valence-corrected chi connectivity index (χ2v) is 5.09. The van der Waals surface area contributed by atoms with Gasteiger partial charge in [0.25, 0.3) is 0 Å². The van der Waals surface area contributed by atoms with E-state index < -0.39 is 22.7 Å². The summed E-state index contributed by atoms with van der Waals surface area (Å²) in [5, 5.41) is 11.1. The summed E-state index contributed by atoms with van der Waals surface area (Å²) in [5.41, 5.74) is -0.854. The summed E-state index contributed by atoms with van der Waals surface area (Å²) in [6, 6.07) is 3.29. The average molecular weight is 323 g/mol. The Morgan fingerprint density at radius 1 is 1.40 bits per heavy atom. The van der Waals surface area contributed by atoms with Crippen LogP contribution in [0.4, 0.5) is 24.0 Å². The number of aromatic carboxylic acids is 1. The van der Waals surface area contributed by atoms with Gasteiger partial charge in [-0.1, -0.05) is 22.9 Å². The number of hydrogen-bond acceptors (Lipinski definition) is 4. The molecular weight excluding hydrogens is 317 g/mol. The molecule has 1 heterocycles. The van der Waals surface area contributed by atoms with E-state index in [-0.39, 0.29) is 15.7 Å². The quantitative estimate of drug-likeness (QED) is 0.886. The second-order valence-electron chi connectivity index (χ2n) is 3.65. The van der Waals surface area contributed by atoms with Crippen molar-refractivity contribution < 1.29 is 23.1 Å². The number of nitrogens with one attached hydrogen (secondary N) is 1. The van der Waals surface area contributed by atoms with Gasteiger partial charge in [-0.3, -0.25) is 0 Å². The topological polar surface area (TPSA) is 62.2 Å². The minimum Gasteiger partial charge on any atom is -0.477 e. The van der Waals surface area contributed by atoms with E-state index >= 15 is 0 Å². The highest BCUT2D eigenvalue weighted by atomic mass is 35.5. The first-order valence-electron chi connectivity index (χ1n) is 5.10. The van der Waals surface area contributed by atoms with E-state index in [1.807, 2.05) is 0 Å². The van der Waals surface area contributed by atoms with Gasteiger partial charge >= 0.3 is 12.1 Å². The fraction of sp³-hybridized carbons (Fsp3) is 0.0909. The molecule has 0 saturated heterocycles. The lowest BCUT2D eigenvalue weighted by molar-refractivity contribution is -0.137. The van der Waals surface area contributed by atoms with E-state index in [4.69, 9.17) is 16.7 Å². The number of nitrogens with zero attached hydrogens (tertiary/aromatic N) is 1. The number of thiazole rings is 1. The van der Waals surface area contributed by atoms with Gasteiger partial charge < -0.3 is 10.4 Å². The predicted molar refractivity (Wildman–Crippen MR) is 68.8 cm³/mol. The fourth-order valence-corrected chi connectivity index (χ4v) is 2.27. The third-order valence-electron chi connectivity index (χ3n) is 2.24. The SMILES string of the molecule is O=C(O)c1cnc(Nc2ccc(Cl)c(C(F)(F)F)c2)s1. The number of anilines is 2. The van der Waals surface area contributed by atoms with Crippen LogP contribution in [0.25, 0.3) is 0 Å². The summed E-state index contributed by atoms with van der Waals surface area (Å²) >= 11 is 6.31. The number of carbonyl (C=O) groups is 1. The standard InChI is InChI=1S/C11H6ClF3N2O2S/c12-7-2-1-5(3-6(7)11(13,14)15)17-10-16-4-8(20-10)9(18)19/h1-4H,(H,16,17)(H,18,19). The summed E-state index contributed by atoms with van der Waals surface area (Å²) in [5.74, 6) is -1.15. The number of benzene rings is 1. The molecule has 2 rings (SSSR count). The van der Waals surface area contributed by atoms with Gasteiger partial charge in [0, 0.05) is 5.69 Å². The van der Waals surface area contributed by atoms with Crippen LogP contribution in [0.15, 0.2) is 24.4 Å². The Morgan fingerprint density at radius 2 is 2.10 bits per heavy atom. The molecule has 0 unspecified atom stereocenters. The monoisotopic (exact) mass is 322 g/mol. The summed E-state index contributed by atoms with van der Waals surface area (Å²) < 4.78 is 38.0. The minimum absolute atomic E-state index is 0.0162. The number of aromatic nitrogens is 1. The predicted octanol–water partition coefficient (Wildman–Crippen LogP) is 4.26. The molecule has 20 heavy (non-hydrogen) atoms. The molecule has 0 bridgehead atoms. The molecular formula is C11H6ClF3N2O2S. The molecule has 2 N–H and O–H groups in total. The maximum absolute atomic E-state index is 12.7. The Morgan fingerprint density at radius 3 is 2.65 bits per heavy atom. The molecule has 4 nitrogen and oxygen atoms in total. The number of hydrogen-bond donors (Lipinski definition) is 2. The molecule has 1 aromatic carbocycles. The van der Waals surface area contributed by atoms with Gasteiger partial charge in [0.15, 0.2) is 5.13 Å². The van der Waals surface area contributed by atoms with Crippen LogP contribution in [0.1, 0.15) is 15.2 Å². The zero-order chi connectivity index (χ0) is 14.9. The van der Waals surface area contributed by atoms with Crippen molar-refractivity contribution in [2.45, 2.75) is 6.18 Å².